The Labute approximate surface area is 220 Å². The van der Waals surface area contributed by atoms with E-state index in [4.69, 9.17) is 19.2 Å². The number of aromatic nitrogens is 1. The Balaban J connectivity index is 1.35. The number of ether oxygens (including phenoxy) is 3. The fourth-order valence-electron chi connectivity index (χ4n) is 4.69. The zero-order valence-electron chi connectivity index (χ0n) is 22.3. The molecule has 0 spiro atoms. The van der Waals surface area contributed by atoms with E-state index in [1.807, 2.05) is 54.6 Å². The molecule has 1 atom stereocenters. The number of nitrogens with zero attached hydrogens (tertiary/aromatic N) is 3. The second-order valence-corrected chi connectivity index (χ2v) is 9.67. The maximum absolute atomic E-state index is 12.9. The molecule has 2 aromatic carbocycles. The summed E-state index contributed by atoms with van der Waals surface area (Å²) in [4.78, 5) is 22.2. The molecule has 0 bridgehead atoms. The normalized spacial score (nSPS) is 16.4. The Morgan fingerprint density at radius 1 is 0.946 bits per heavy atom. The molecule has 1 aromatic heterocycles. The fraction of sp³-hybridized carbons (Fsp3) is 0.400. The lowest BCUT2D eigenvalue weighted by atomic mass is 9.99. The lowest BCUT2D eigenvalue weighted by Gasteiger charge is -2.37. The van der Waals surface area contributed by atoms with E-state index >= 15 is 0 Å². The molecule has 0 aliphatic carbocycles. The molecule has 37 heavy (non-hydrogen) atoms. The van der Waals surface area contributed by atoms with Crippen molar-refractivity contribution < 1.29 is 19.0 Å². The number of Topliss-reactive ketones (excluding diaryl/α,β-unsaturated/α-hetero) is 1. The summed E-state index contributed by atoms with van der Waals surface area (Å²) in [5, 5.41) is 0. The minimum Gasteiger partial charge on any atom is -0.493 e. The van der Waals surface area contributed by atoms with Gasteiger partial charge >= 0.3 is 0 Å². The molecule has 4 rings (SSSR count). The van der Waals surface area contributed by atoms with Crippen molar-refractivity contribution >= 4 is 5.78 Å². The number of piperazine rings is 1. The third kappa shape index (κ3) is 7.31. The van der Waals surface area contributed by atoms with E-state index in [9.17, 15) is 4.79 Å². The van der Waals surface area contributed by atoms with E-state index in [0.717, 1.165) is 48.4 Å². The maximum atomic E-state index is 12.9. The largest absolute Gasteiger partial charge is 0.493 e. The number of rotatable bonds is 11. The van der Waals surface area contributed by atoms with Gasteiger partial charge in [0.1, 0.15) is 5.78 Å². The van der Waals surface area contributed by atoms with Crippen molar-refractivity contribution in [3.8, 4) is 28.6 Å². The molecular formula is C30H37N3O4. The van der Waals surface area contributed by atoms with Crippen LogP contribution in [0.5, 0.6) is 17.4 Å². The van der Waals surface area contributed by atoms with E-state index in [-0.39, 0.29) is 11.8 Å². The predicted molar refractivity (Wildman–Crippen MR) is 146 cm³/mol. The van der Waals surface area contributed by atoms with Gasteiger partial charge in [0, 0.05) is 56.6 Å². The molecule has 1 unspecified atom stereocenters. The first-order chi connectivity index (χ1) is 17.9. The van der Waals surface area contributed by atoms with Crippen molar-refractivity contribution in [3.63, 3.8) is 0 Å². The average Bonchev–Trinajstić information content (AvgIpc) is 2.91. The van der Waals surface area contributed by atoms with Gasteiger partial charge in [-0.1, -0.05) is 30.3 Å². The summed E-state index contributed by atoms with van der Waals surface area (Å²) in [6, 6.07) is 20.0. The second kappa shape index (κ2) is 12.7. The summed E-state index contributed by atoms with van der Waals surface area (Å²) in [5.74, 6) is 2.25. The zero-order chi connectivity index (χ0) is 26.2. The van der Waals surface area contributed by atoms with Gasteiger partial charge in [-0.15, -0.1) is 0 Å². The molecule has 0 amide bonds. The number of benzene rings is 2. The monoisotopic (exact) mass is 503 g/mol. The molecule has 0 radical (unpaired) electrons. The maximum Gasteiger partial charge on any atom is 0.213 e. The van der Waals surface area contributed by atoms with Gasteiger partial charge in [-0.25, -0.2) is 4.98 Å². The van der Waals surface area contributed by atoms with Gasteiger partial charge in [0.2, 0.25) is 5.88 Å². The van der Waals surface area contributed by atoms with Crippen LogP contribution >= 0.6 is 0 Å². The number of methoxy groups -OCH3 is 2. The topological polar surface area (TPSA) is 64.1 Å². The standard InChI is InChI=1S/C30H37N3O4/c1-32-14-15-33(2)25(21-32)20-26(34)18-23-7-5-8-24(17-23)27-9-6-10-30(31-27)37-16-13-22-11-12-28(35-3)29(19-22)36-4/h5-12,17,19,25H,13-16,18,20-21H2,1-4H3. The number of ketones is 1. The lowest BCUT2D eigenvalue weighted by molar-refractivity contribution is -0.120. The second-order valence-electron chi connectivity index (χ2n) is 9.67. The first-order valence-corrected chi connectivity index (χ1v) is 12.8. The van der Waals surface area contributed by atoms with E-state index in [1.54, 1.807) is 14.2 Å². The van der Waals surface area contributed by atoms with Crippen molar-refractivity contribution in [1.29, 1.82) is 0 Å². The van der Waals surface area contributed by atoms with Crippen LogP contribution in [0.4, 0.5) is 0 Å². The molecule has 1 fully saturated rings. The van der Waals surface area contributed by atoms with Crippen LogP contribution in [0.3, 0.4) is 0 Å². The SMILES string of the molecule is COc1ccc(CCOc2cccc(-c3cccc(CC(=O)CC4CN(C)CCN4C)c3)n2)cc1OC. The van der Waals surface area contributed by atoms with Crippen molar-refractivity contribution in [2.45, 2.75) is 25.3 Å². The third-order valence-electron chi connectivity index (χ3n) is 6.88. The van der Waals surface area contributed by atoms with Crippen LogP contribution in [0.2, 0.25) is 0 Å². The van der Waals surface area contributed by atoms with Gasteiger partial charge in [-0.3, -0.25) is 4.79 Å². The Morgan fingerprint density at radius 3 is 2.57 bits per heavy atom. The first kappa shape index (κ1) is 26.6. The van der Waals surface area contributed by atoms with Gasteiger partial charge in [-0.2, -0.15) is 0 Å². The highest BCUT2D eigenvalue weighted by atomic mass is 16.5. The number of likely N-dealkylation sites (N-methyl/N-ethyl adjacent to an activating group) is 2. The Kier molecular flexibility index (Phi) is 9.14. The first-order valence-electron chi connectivity index (χ1n) is 12.8. The molecule has 0 saturated carbocycles. The highest BCUT2D eigenvalue weighted by Crippen LogP contribution is 2.28. The van der Waals surface area contributed by atoms with Crippen LogP contribution < -0.4 is 14.2 Å². The Morgan fingerprint density at radius 2 is 1.76 bits per heavy atom. The molecule has 2 heterocycles. The van der Waals surface area contributed by atoms with Crippen LogP contribution in [0.1, 0.15) is 17.5 Å². The van der Waals surface area contributed by atoms with Crippen LogP contribution in [-0.2, 0) is 17.6 Å². The van der Waals surface area contributed by atoms with Gasteiger partial charge in [0.25, 0.3) is 0 Å². The molecule has 1 aliphatic rings. The average molecular weight is 504 g/mol. The molecule has 0 N–H and O–H groups in total. The number of hydrogen-bond donors (Lipinski definition) is 0. The summed E-state index contributed by atoms with van der Waals surface area (Å²) in [6.07, 6.45) is 1.73. The molecular weight excluding hydrogens is 466 g/mol. The van der Waals surface area contributed by atoms with E-state index < -0.39 is 0 Å². The van der Waals surface area contributed by atoms with E-state index in [1.165, 1.54) is 0 Å². The molecule has 1 saturated heterocycles. The van der Waals surface area contributed by atoms with Crippen molar-refractivity contribution in [3.05, 3.63) is 71.8 Å². The summed E-state index contributed by atoms with van der Waals surface area (Å²) in [7, 11) is 7.49. The minimum absolute atomic E-state index is 0.268. The summed E-state index contributed by atoms with van der Waals surface area (Å²) < 4.78 is 16.6. The zero-order valence-corrected chi connectivity index (χ0v) is 22.3. The molecule has 7 nitrogen and oxygen atoms in total. The van der Waals surface area contributed by atoms with Crippen molar-refractivity contribution in [2.75, 3.05) is 54.6 Å². The Hall–Kier alpha value is -3.42. The third-order valence-corrected chi connectivity index (χ3v) is 6.88. The molecule has 196 valence electrons. The number of hydrogen-bond acceptors (Lipinski definition) is 7. The fourth-order valence-corrected chi connectivity index (χ4v) is 4.69. The van der Waals surface area contributed by atoms with Crippen molar-refractivity contribution in [1.82, 2.24) is 14.8 Å². The highest BCUT2D eigenvalue weighted by molar-refractivity contribution is 5.82. The molecule has 1 aliphatic heterocycles. The van der Waals surface area contributed by atoms with Gasteiger partial charge < -0.3 is 24.0 Å². The quantitative estimate of drug-likeness (QED) is 0.390. The minimum atomic E-state index is 0.268. The summed E-state index contributed by atoms with van der Waals surface area (Å²) in [6.45, 7) is 3.48. The van der Waals surface area contributed by atoms with Gasteiger partial charge in [0.05, 0.1) is 26.5 Å². The summed E-state index contributed by atoms with van der Waals surface area (Å²) in [5.41, 5.74) is 3.91. The number of carbonyl (C=O) groups excluding carboxylic acids is 1. The molecule has 7 heteroatoms. The summed E-state index contributed by atoms with van der Waals surface area (Å²) >= 11 is 0. The van der Waals surface area contributed by atoms with Gasteiger partial charge in [0.15, 0.2) is 11.5 Å². The van der Waals surface area contributed by atoms with Crippen LogP contribution in [0.25, 0.3) is 11.3 Å². The van der Waals surface area contributed by atoms with E-state index in [2.05, 4.69) is 30.0 Å². The van der Waals surface area contributed by atoms with Crippen LogP contribution in [0, 0.1) is 0 Å². The predicted octanol–water partition coefficient (Wildman–Crippen LogP) is 4.13. The van der Waals surface area contributed by atoms with Crippen LogP contribution in [0.15, 0.2) is 60.7 Å². The Bertz CT molecular complexity index is 1200. The number of carbonyl (C=O) groups is 1. The van der Waals surface area contributed by atoms with E-state index in [0.29, 0.717) is 36.8 Å². The highest BCUT2D eigenvalue weighted by Gasteiger charge is 2.24. The van der Waals surface area contributed by atoms with Crippen molar-refractivity contribution in [2.24, 2.45) is 0 Å². The van der Waals surface area contributed by atoms with Gasteiger partial charge in [-0.05, 0) is 49.5 Å². The molecule has 3 aromatic rings. The van der Waals surface area contributed by atoms with Crippen LogP contribution in [-0.4, -0.2) is 81.2 Å². The number of pyridine rings is 1. The smallest absolute Gasteiger partial charge is 0.213 e. The lowest BCUT2D eigenvalue weighted by Crippen LogP contribution is -2.50.